The molecule has 3 fully saturated rings. The van der Waals surface area contributed by atoms with Crippen LogP contribution in [0.4, 0.5) is 0 Å². The van der Waals surface area contributed by atoms with Gasteiger partial charge in [0.2, 0.25) is 0 Å². The van der Waals surface area contributed by atoms with Crippen LogP contribution < -0.4 is 0 Å². The Balaban J connectivity index is 1.24. The van der Waals surface area contributed by atoms with Crippen LogP contribution in [0.5, 0.6) is 0 Å². The molecule has 254 valence electrons. The molecular weight excluding hydrogens is 621 g/mol. The van der Waals surface area contributed by atoms with E-state index >= 15 is 0 Å². The lowest BCUT2D eigenvalue weighted by Crippen LogP contribution is -2.67. The van der Waals surface area contributed by atoms with Crippen LogP contribution in [0.2, 0.25) is 0 Å². The summed E-state index contributed by atoms with van der Waals surface area (Å²) in [6.45, 7) is 2.55. The average molecular weight is 664 g/mol. The van der Waals surface area contributed by atoms with Gasteiger partial charge in [0.15, 0.2) is 24.6 Å². The minimum Gasteiger partial charge on any atom is -0.394 e. The average Bonchev–Trinajstić information content (AvgIpc) is 3.32. The van der Waals surface area contributed by atoms with Crippen molar-refractivity contribution in [1.29, 1.82) is 0 Å². The first-order valence-corrected chi connectivity index (χ1v) is 16.7. The summed E-state index contributed by atoms with van der Waals surface area (Å²) >= 11 is 0. The summed E-state index contributed by atoms with van der Waals surface area (Å²) in [5.41, 5.74) is 0.795. The Kier molecular flexibility index (Phi) is 10.7. The van der Waals surface area contributed by atoms with Crippen molar-refractivity contribution < 1.29 is 73.1 Å². The number of amides is 1. The second-order valence-corrected chi connectivity index (χ2v) is 13.6. The number of carbonyl (C=O) groups excluding carboxylic acids is 1. The van der Waals surface area contributed by atoms with E-state index in [4.69, 9.17) is 28.0 Å². The van der Waals surface area contributed by atoms with Crippen LogP contribution in [0.1, 0.15) is 42.4 Å². The van der Waals surface area contributed by atoms with Crippen LogP contribution in [0.25, 0.3) is 0 Å². The maximum Gasteiger partial charge on any atom is 0.330 e. The number of aliphatic hydroxyl groups excluding tert-OH is 6. The fraction of sp³-hybridized carbons (Fsp3) is 0.750. The van der Waals surface area contributed by atoms with Gasteiger partial charge in [0.05, 0.1) is 50.7 Å². The number of hydrogen-bond donors (Lipinski definition) is 7. The smallest absolute Gasteiger partial charge is 0.330 e. The van der Waals surface area contributed by atoms with Gasteiger partial charge in [0, 0.05) is 23.6 Å². The Bertz CT molecular complexity index is 1230. The summed E-state index contributed by atoms with van der Waals surface area (Å²) in [6, 6.07) is 6.59. The number of hydrogen-bond acceptors (Lipinski definition) is 15. The summed E-state index contributed by atoms with van der Waals surface area (Å²) in [5, 5.41) is 74.6. The second-order valence-electron chi connectivity index (χ2n) is 11.4. The van der Waals surface area contributed by atoms with Gasteiger partial charge in [-0.2, -0.15) is 0 Å². The van der Waals surface area contributed by atoms with Gasteiger partial charge in [-0.05, 0) is 26.3 Å². The van der Waals surface area contributed by atoms with E-state index in [1.165, 1.54) is 4.90 Å². The van der Waals surface area contributed by atoms with E-state index in [0.29, 0.717) is 11.1 Å². The van der Waals surface area contributed by atoms with Crippen molar-refractivity contribution in [3.63, 3.8) is 0 Å². The zero-order chi connectivity index (χ0) is 32.7. The normalized spacial score (nSPS) is 39.5. The number of aliphatic hydroxyl groups is 7. The van der Waals surface area contributed by atoms with Crippen molar-refractivity contribution in [2.24, 2.45) is 11.8 Å². The van der Waals surface area contributed by atoms with Crippen LogP contribution in [0, 0.1) is 11.8 Å². The largest absolute Gasteiger partial charge is 0.394 e. The van der Waals surface area contributed by atoms with E-state index in [9.17, 15) is 45.1 Å². The second kappa shape index (κ2) is 13.9. The molecule has 1 amide bonds. The van der Waals surface area contributed by atoms with Gasteiger partial charge in [-0.25, -0.2) is 0 Å². The molecule has 1 aromatic rings. The number of rotatable bonds is 14. The molecule has 1 aromatic carbocycles. The van der Waals surface area contributed by atoms with Crippen LogP contribution in [-0.2, 0) is 32.6 Å². The molecule has 17 heteroatoms. The molecule has 3 aliphatic heterocycles. The quantitative estimate of drug-likeness (QED) is 0.114. The maximum absolute atomic E-state index is 12.9. The summed E-state index contributed by atoms with van der Waals surface area (Å²) < 4.78 is 46.4. The van der Waals surface area contributed by atoms with Gasteiger partial charge in [0.1, 0.15) is 24.4 Å². The molecule has 2 saturated heterocycles. The Morgan fingerprint density at radius 3 is 2.31 bits per heavy atom. The SMILES string of the molecule is CCOP(=O)(CCC1[C@@H](O)C(O)C2[C@@H](OC3C(O)[C@H](O)C(CO)O[C@@H]3OCCN3C(=O)c4ccccc4C3O)OC21O)OCC. The lowest BCUT2D eigenvalue weighted by molar-refractivity contribution is -0.459. The highest BCUT2D eigenvalue weighted by Crippen LogP contribution is 2.57. The molecule has 5 rings (SSSR count). The number of ether oxygens (including phenoxy) is 4. The summed E-state index contributed by atoms with van der Waals surface area (Å²) in [6.07, 6.45) is -13.4. The Hall–Kier alpha value is -1.60. The van der Waals surface area contributed by atoms with Crippen molar-refractivity contribution in [2.75, 3.05) is 39.1 Å². The van der Waals surface area contributed by atoms with Crippen molar-refractivity contribution in [1.82, 2.24) is 4.90 Å². The highest BCUT2D eigenvalue weighted by Gasteiger charge is 2.71. The van der Waals surface area contributed by atoms with Gasteiger partial charge in [0.25, 0.3) is 5.91 Å². The third kappa shape index (κ3) is 6.35. The van der Waals surface area contributed by atoms with Gasteiger partial charge in [-0.3, -0.25) is 9.36 Å². The van der Waals surface area contributed by atoms with Gasteiger partial charge in [-0.15, -0.1) is 0 Å². The Morgan fingerprint density at radius 2 is 1.67 bits per heavy atom. The molecular formula is C28H42NO15P. The van der Waals surface area contributed by atoms with Crippen LogP contribution in [0.3, 0.4) is 0 Å². The number of carbonyl (C=O) groups is 1. The first-order valence-electron chi connectivity index (χ1n) is 15.0. The lowest BCUT2D eigenvalue weighted by Gasteiger charge is -2.52. The van der Waals surface area contributed by atoms with E-state index in [1.54, 1.807) is 38.1 Å². The van der Waals surface area contributed by atoms with Crippen LogP contribution >= 0.6 is 7.60 Å². The van der Waals surface area contributed by atoms with E-state index in [0.717, 1.165) is 0 Å². The minimum atomic E-state index is -3.54. The predicted octanol–water partition coefficient (Wildman–Crippen LogP) is -1.36. The van der Waals surface area contributed by atoms with Crippen molar-refractivity contribution in [2.45, 2.75) is 81.5 Å². The third-order valence-electron chi connectivity index (χ3n) is 8.86. The monoisotopic (exact) mass is 663 g/mol. The van der Waals surface area contributed by atoms with Gasteiger partial charge in [-0.1, -0.05) is 18.2 Å². The summed E-state index contributed by atoms with van der Waals surface area (Å²) in [7, 11) is -3.54. The van der Waals surface area contributed by atoms with E-state index in [1.807, 2.05) is 0 Å². The number of benzene rings is 1. The molecule has 1 saturated carbocycles. The highest BCUT2D eigenvalue weighted by atomic mass is 31.2. The molecule has 7 N–H and O–H groups in total. The van der Waals surface area contributed by atoms with E-state index in [-0.39, 0.29) is 38.9 Å². The van der Waals surface area contributed by atoms with E-state index in [2.05, 4.69) is 0 Å². The highest BCUT2D eigenvalue weighted by molar-refractivity contribution is 7.53. The molecule has 1 aliphatic carbocycles. The molecule has 0 radical (unpaired) electrons. The minimum absolute atomic E-state index is 0.0854. The maximum atomic E-state index is 12.9. The predicted molar refractivity (Wildman–Crippen MR) is 150 cm³/mol. The topological polar surface area (TPSA) is 234 Å². The number of nitrogens with zero attached hydrogens (tertiary/aromatic N) is 1. The first kappa shape index (κ1) is 34.7. The standard InChI is InChI=1S/C28H42NO15P/c1-3-40-45(38,41-4-2)12-9-16-19(31)21(33)18-26(44-28(16,18)37)43-23-22(34)20(32)17(13-30)42-27(23)39-11-10-29-24(35)14-7-5-6-8-15(14)25(29)36/h5-8,16-24,26-27,30-35,37H,3-4,9-13H2,1-2H3/t16?,17?,18?,19-,20-,21?,22?,23?,24?,26+,27+,28?/m1/s1. The Labute approximate surface area is 259 Å². The van der Waals surface area contributed by atoms with Crippen LogP contribution in [-0.4, -0.2) is 141 Å². The third-order valence-corrected chi connectivity index (χ3v) is 11.0. The summed E-state index contributed by atoms with van der Waals surface area (Å²) in [5.74, 6) is -4.81. The zero-order valence-corrected chi connectivity index (χ0v) is 25.8. The van der Waals surface area contributed by atoms with Gasteiger partial charge >= 0.3 is 7.60 Å². The molecule has 12 atom stereocenters. The van der Waals surface area contributed by atoms with Crippen molar-refractivity contribution in [3.8, 4) is 0 Å². The van der Waals surface area contributed by atoms with Gasteiger partial charge < -0.3 is 68.6 Å². The summed E-state index contributed by atoms with van der Waals surface area (Å²) in [4.78, 5) is 13.9. The van der Waals surface area contributed by atoms with Crippen molar-refractivity contribution in [3.05, 3.63) is 35.4 Å². The molecule has 4 aliphatic rings. The van der Waals surface area contributed by atoms with Crippen molar-refractivity contribution >= 4 is 13.5 Å². The fourth-order valence-electron chi connectivity index (χ4n) is 6.57. The molecule has 45 heavy (non-hydrogen) atoms. The fourth-order valence-corrected chi connectivity index (χ4v) is 8.29. The van der Waals surface area contributed by atoms with Crippen LogP contribution in [0.15, 0.2) is 24.3 Å². The zero-order valence-electron chi connectivity index (χ0n) is 24.9. The molecule has 0 aromatic heterocycles. The van der Waals surface area contributed by atoms with E-state index < -0.39 is 93.2 Å². The molecule has 0 spiro atoms. The molecule has 8 unspecified atom stereocenters. The Morgan fingerprint density at radius 1 is 0.978 bits per heavy atom. The lowest BCUT2D eigenvalue weighted by atomic mass is 9.87. The number of fused-ring (bicyclic) bond motifs is 2. The molecule has 3 heterocycles. The first-order chi connectivity index (χ1) is 21.4. The molecule has 16 nitrogen and oxygen atoms in total. The molecule has 0 bridgehead atoms.